The van der Waals surface area contributed by atoms with Crippen LogP contribution in [0.25, 0.3) is 0 Å². The molecular weight excluding hydrogens is 244 g/mol. The molecule has 2 fully saturated rings. The van der Waals surface area contributed by atoms with Crippen LogP contribution in [0.4, 0.5) is 4.79 Å². The van der Waals surface area contributed by atoms with E-state index in [-0.39, 0.29) is 6.09 Å². The van der Waals surface area contributed by atoms with Crippen molar-refractivity contribution in [3.05, 3.63) is 0 Å². The minimum absolute atomic E-state index is 0.356. The smallest absolute Gasteiger partial charge is 0.304 e. The number of nitrogens with zero attached hydrogens (tertiary/aromatic N) is 2. The van der Waals surface area contributed by atoms with Gasteiger partial charge in [0.15, 0.2) is 0 Å². The number of likely N-dealkylation sites (tertiary alicyclic amines) is 2. The zero-order valence-electron chi connectivity index (χ0n) is 12.3. The first-order valence-electron chi connectivity index (χ1n) is 7.33. The van der Waals surface area contributed by atoms with E-state index in [0.29, 0.717) is 6.04 Å². The van der Waals surface area contributed by atoms with Crippen molar-refractivity contribution < 1.29 is 14.6 Å². The Balaban J connectivity index is 1.91. The Morgan fingerprint density at radius 1 is 1.16 bits per heavy atom. The normalized spacial score (nSPS) is 33.2. The molecule has 0 saturated carbocycles. The highest BCUT2D eigenvalue weighted by Crippen LogP contribution is 2.26. The summed E-state index contributed by atoms with van der Waals surface area (Å²) in [5.74, 6) is 1.51. The summed E-state index contributed by atoms with van der Waals surface area (Å²) >= 11 is 0. The first kappa shape index (κ1) is 14.6. The Hall–Kier alpha value is -0.810. The van der Waals surface area contributed by atoms with Gasteiger partial charge in [0.05, 0.1) is 7.11 Å². The van der Waals surface area contributed by atoms with E-state index in [2.05, 4.69) is 28.5 Å². The Morgan fingerprint density at radius 3 is 2.47 bits per heavy atom. The molecule has 2 saturated heterocycles. The predicted octanol–water partition coefficient (Wildman–Crippen LogP) is 2.13. The fourth-order valence-corrected chi connectivity index (χ4v) is 3.55. The lowest BCUT2D eigenvalue weighted by atomic mass is 9.89. The molecule has 5 nitrogen and oxygen atoms in total. The van der Waals surface area contributed by atoms with E-state index >= 15 is 0 Å². The van der Waals surface area contributed by atoms with Gasteiger partial charge in [0, 0.05) is 32.2 Å². The molecule has 19 heavy (non-hydrogen) atoms. The van der Waals surface area contributed by atoms with Crippen LogP contribution >= 0.6 is 0 Å². The fraction of sp³-hybridized carbons (Fsp3) is 0.929. The molecule has 0 bridgehead atoms. The molecule has 5 heteroatoms. The van der Waals surface area contributed by atoms with E-state index in [0.717, 1.165) is 44.4 Å². The van der Waals surface area contributed by atoms with Crippen LogP contribution in [-0.2, 0) is 9.78 Å². The summed E-state index contributed by atoms with van der Waals surface area (Å²) < 4.78 is 0. The second-order valence-corrected chi connectivity index (χ2v) is 6.16. The van der Waals surface area contributed by atoms with Crippen molar-refractivity contribution in [3.8, 4) is 0 Å². The quantitative estimate of drug-likeness (QED) is 0.569. The van der Waals surface area contributed by atoms with Crippen LogP contribution in [0.15, 0.2) is 0 Å². The third-order valence-corrected chi connectivity index (χ3v) is 4.22. The molecule has 0 spiro atoms. The topological polar surface area (TPSA) is 42.0 Å². The SMILES string of the molecule is COOC(=O)N1CCCC(N2CC(C)CC(C)C2)C1. The Bertz CT molecular complexity index is 301. The van der Waals surface area contributed by atoms with Crippen LogP contribution in [-0.4, -0.2) is 55.2 Å². The average Bonchev–Trinajstić information content (AvgIpc) is 2.38. The molecule has 0 radical (unpaired) electrons. The van der Waals surface area contributed by atoms with Gasteiger partial charge in [-0.05, 0) is 31.1 Å². The van der Waals surface area contributed by atoms with E-state index in [1.54, 1.807) is 4.90 Å². The first-order chi connectivity index (χ1) is 9.10. The number of carbonyl (C=O) groups is 1. The Labute approximate surface area is 115 Å². The lowest BCUT2D eigenvalue weighted by Gasteiger charge is -2.43. The van der Waals surface area contributed by atoms with Gasteiger partial charge in [-0.15, -0.1) is 0 Å². The van der Waals surface area contributed by atoms with E-state index in [9.17, 15) is 4.79 Å². The van der Waals surface area contributed by atoms with E-state index in [4.69, 9.17) is 0 Å². The van der Waals surface area contributed by atoms with Crippen molar-refractivity contribution in [3.63, 3.8) is 0 Å². The highest BCUT2D eigenvalue weighted by molar-refractivity contribution is 5.67. The number of hydrogen-bond donors (Lipinski definition) is 0. The summed E-state index contributed by atoms with van der Waals surface area (Å²) in [5.41, 5.74) is 0. The third-order valence-electron chi connectivity index (χ3n) is 4.22. The summed E-state index contributed by atoms with van der Waals surface area (Å²) in [6.45, 7) is 8.49. The van der Waals surface area contributed by atoms with Crippen LogP contribution in [0.3, 0.4) is 0 Å². The summed E-state index contributed by atoms with van der Waals surface area (Å²) in [6, 6.07) is 0.475. The van der Waals surface area contributed by atoms with Gasteiger partial charge >= 0.3 is 6.09 Å². The maximum atomic E-state index is 11.7. The Morgan fingerprint density at radius 2 is 1.84 bits per heavy atom. The molecule has 3 unspecified atom stereocenters. The van der Waals surface area contributed by atoms with Crippen LogP contribution in [0.1, 0.15) is 33.1 Å². The summed E-state index contributed by atoms with van der Waals surface area (Å²) in [4.78, 5) is 25.1. The minimum Gasteiger partial charge on any atom is -0.304 e. The van der Waals surface area contributed by atoms with Gasteiger partial charge in [0.2, 0.25) is 0 Å². The molecule has 0 aromatic rings. The minimum atomic E-state index is -0.356. The monoisotopic (exact) mass is 270 g/mol. The molecule has 2 rings (SSSR count). The number of amides is 1. The van der Waals surface area contributed by atoms with Crippen molar-refractivity contribution in [2.75, 3.05) is 33.3 Å². The number of carbonyl (C=O) groups excluding carboxylic acids is 1. The molecule has 2 aliphatic rings. The highest BCUT2D eigenvalue weighted by atomic mass is 17.2. The standard InChI is InChI=1S/C14H26N2O3/c1-11-7-12(2)9-16(8-11)13-5-4-6-15(10-13)14(17)19-18-3/h11-13H,4-10H2,1-3H3. The van der Waals surface area contributed by atoms with Gasteiger partial charge in [-0.2, -0.15) is 4.89 Å². The van der Waals surface area contributed by atoms with Crippen molar-refractivity contribution >= 4 is 6.09 Å². The Kier molecular flexibility index (Phi) is 5.05. The van der Waals surface area contributed by atoms with Crippen molar-refractivity contribution in [1.29, 1.82) is 0 Å². The second-order valence-electron chi connectivity index (χ2n) is 6.16. The van der Waals surface area contributed by atoms with Gasteiger partial charge in [-0.3, -0.25) is 9.79 Å². The maximum absolute atomic E-state index is 11.7. The fourth-order valence-electron chi connectivity index (χ4n) is 3.55. The molecule has 3 atom stereocenters. The molecule has 1 amide bonds. The molecule has 0 aromatic heterocycles. The second kappa shape index (κ2) is 6.57. The molecule has 0 aliphatic carbocycles. The molecule has 0 N–H and O–H groups in total. The number of piperidine rings is 2. The summed E-state index contributed by atoms with van der Waals surface area (Å²) in [5, 5.41) is 0. The van der Waals surface area contributed by atoms with E-state index in [1.165, 1.54) is 20.0 Å². The van der Waals surface area contributed by atoms with Crippen LogP contribution < -0.4 is 0 Å². The number of hydrogen-bond acceptors (Lipinski definition) is 4. The van der Waals surface area contributed by atoms with Gasteiger partial charge in [0.1, 0.15) is 0 Å². The molecular formula is C14H26N2O3. The largest absolute Gasteiger partial charge is 0.441 e. The molecule has 0 aromatic carbocycles. The lowest BCUT2D eigenvalue weighted by molar-refractivity contribution is -0.222. The van der Waals surface area contributed by atoms with Crippen LogP contribution in [0.5, 0.6) is 0 Å². The van der Waals surface area contributed by atoms with E-state index < -0.39 is 0 Å². The van der Waals surface area contributed by atoms with Crippen molar-refractivity contribution in [2.45, 2.75) is 39.2 Å². The average molecular weight is 270 g/mol. The first-order valence-corrected chi connectivity index (χ1v) is 7.33. The third kappa shape index (κ3) is 3.83. The van der Waals surface area contributed by atoms with Crippen LogP contribution in [0, 0.1) is 11.8 Å². The molecule has 2 aliphatic heterocycles. The highest BCUT2D eigenvalue weighted by Gasteiger charge is 2.32. The number of rotatable bonds is 2. The van der Waals surface area contributed by atoms with Gasteiger partial charge in [-0.25, -0.2) is 4.79 Å². The van der Waals surface area contributed by atoms with Gasteiger partial charge in [0.25, 0.3) is 0 Å². The predicted molar refractivity (Wildman–Crippen MR) is 72.6 cm³/mol. The van der Waals surface area contributed by atoms with Crippen LogP contribution in [0.2, 0.25) is 0 Å². The zero-order valence-corrected chi connectivity index (χ0v) is 12.3. The van der Waals surface area contributed by atoms with Crippen molar-refractivity contribution in [2.24, 2.45) is 11.8 Å². The molecule has 110 valence electrons. The maximum Gasteiger partial charge on any atom is 0.441 e. The van der Waals surface area contributed by atoms with Gasteiger partial charge < -0.3 is 4.90 Å². The molecule has 2 heterocycles. The lowest BCUT2D eigenvalue weighted by Crippen LogP contribution is -2.53. The zero-order chi connectivity index (χ0) is 13.8. The van der Waals surface area contributed by atoms with Crippen molar-refractivity contribution in [1.82, 2.24) is 9.80 Å². The van der Waals surface area contributed by atoms with E-state index in [1.807, 2.05) is 0 Å². The van der Waals surface area contributed by atoms with Gasteiger partial charge in [-0.1, -0.05) is 13.8 Å². The summed E-state index contributed by atoms with van der Waals surface area (Å²) in [6.07, 6.45) is 3.18. The summed E-state index contributed by atoms with van der Waals surface area (Å²) in [7, 11) is 1.37.